The van der Waals surface area contributed by atoms with Gasteiger partial charge in [-0.15, -0.1) is 0 Å². The number of rotatable bonds is 8. The van der Waals surface area contributed by atoms with Crippen molar-refractivity contribution in [2.24, 2.45) is 0 Å². The van der Waals surface area contributed by atoms with Crippen LogP contribution in [0.2, 0.25) is 0 Å². The van der Waals surface area contributed by atoms with Crippen LogP contribution in [0, 0.1) is 0 Å². The number of carbonyl (C=O) groups excluding carboxylic acids is 1. The quantitative estimate of drug-likeness (QED) is 0.627. The van der Waals surface area contributed by atoms with Crippen LogP contribution in [0.15, 0.2) is 0 Å². The molecule has 90 valence electrons. The summed E-state index contributed by atoms with van der Waals surface area (Å²) in [6.07, 6.45) is 3.79. The van der Waals surface area contributed by atoms with Crippen molar-refractivity contribution in [3.05, 3.63) is 0 Å². The van der Waals surface area contributed by atoms with Gasteiger partial charge in [-0.1, -0.05) is 6.92 Å². The fourth-order valence-electron chi connectivity index (χ4n) is 1.26. The third-order valence-electron chi connectivity index (χ3n) is 2.62. The van der Waals surface area contributed by atoms with Gasteiger partial charge < -0.3 is 10.2 Å². The molecule has 0 aliphatic carbocycles. The standard InChI is InChI=1S/C12H26N2O/c1-5-9-13-12(15)8-6-7-10-14(4)11(2)3/h11H,5-10H2,1-4H3,(H,13,15). The summed E-state index contributed by atoms with van der Waals surface area (Å²) < 4.78 is 0. The van der Waals surface area contributed by atoms with E-state index in [9.17, 15) is 4.79 Å². The van der Waals surface area contributed by atoms with Crippen molar-refractivity contribution in [3.63, 3.8) is 0 Å². The number of amides is 1. The summed E-state index contributed by atoms with van der Waals surface area (Å²) in [6, 6.07) is 0.596. The van der Waals surface area contributed by atoms with E-state index in [-0.39, 0.29) is 5.91 Å². The molecule has 0 fully saturated rings. The third-order valence-corrected chi connectivity index (χ3v) is 2.62. The summed E-state index contributed by atoms with van der Waals surface area (Å²) in [7, 11) is 2.13. The molecular weight excluding hydrogens is 188 g/mol. The highest BCUT2D eigenvalue weighted by Crippen LogP contribution is 2.00. The van der Waals surface area contributed by atoms with Crippen molar-refractivity contribution in [3.8, 4) is 0 Å². The predicted octanol–water partition coefficient (Wildman–Crippen LogP) is 2.02. The van der Waals surface area contributed by atoms with E-state index >= 15 is 0 Å². The second-order valence-corrected chi connectivity index (χ2v) is 4.38. The van der Waals surface area contributed by atoms with Crippen molar-refractivity contribution >= 4 is 5.91 Å². The first kappa shape index (κ1) is 14.4. The summed E-state index contributed by atoms with van der Waals surface area (Å²) in [5.41, 5.74) is 0. The van der Waals surface area contributed by atoms with Crippen molar-refractivity contribution < 1.29 is 4.79 Å². The molecule has 0 aliphatic heterocycles. The van der Waals surface area contributed by atoms with E-state index in [1.165, 1.54) is 0 Å². The molecule has 0 spiro atoms. The minimum Gasteiger partial charge on any atom is -0.356 e. The smallest absolute Gasteiger partial charge is 0.219 e. The molecule has 0 saturated heterocycles. The van der Waals surface area contributed by atoms with Crippen LogP contribution in [-0.4, -0.2) is 37.0 Å². The monoisotopic (exact) mass is 214 g/mol. The Kier molecular flexibility index (Phi) is 8.38. The molecule has 1 amide bonds. The lowest BCUT2D eigenvalue weighted by Gasteiger charge is -2.20. The number of nitrogens with one attached hydrogen (secondary N) is 1. The van der Waals surface area contributed by atoms with Gasteiger partial charge in [0.25, 0.3) is 0 Å². The van der Waals surface area contributed by atoms with E-state index in [1.54, 1.807) is 0 Å². The Balaban J connectivity index is 3.34. The zero-order valence-corrected chi connectivity index (χ0v) is 10.7. The Bertz CT molecular complexity index is 169. The van der Waals surface area contributed by atoms with Gasteiger partial charge in [0.15, 0.2) is 0 Å². The SMILES string of the molecule is CCCNC(=O)CCCCN(C)C(C)C. The molecule has 0 rings (SSSR count). The van der Waals surface area contributed by atoms with Crippen LogP contribution in [0.3, 0.4) is 0 Å². The summed E-state index contributed by atoms with van der Waals surface area (Å²) >= 11 is 0. The van der Waals surface area contributed by atoms with E-state index < -0.39 is 0 Å². The maximum absolute atomic E-state index is 11.3. The Morgan fingerprint density at radius 3 is 2.53 bits per heavy atom. The molecule has 0 saturated carbocycles. The van der Waals surface area contributed by atoms with Crippen LogP contribution in [0.4, 0.5) is 0 Å². The van der Waals surface area contributed by atoms with Crippen molar-refractivity contribution in [2.45, 2.75) is 52.5 Å². The number of carbonyl (C=O) groups is 1. The van der Waals surface area contributed by atoms with Gasteiger partial charge in [0, 0.05) is 19.0 Å². The number of unbranched alkanes of at least 4 members (excludes halogenated alkanes) is 1. The van der Waals surface area contributed by atoms with E-state index in [2.05, 4.69) is 38.0 Å². The predicted molar refractivity (Wildman–Crippen MR) is 64.9 cm³/mol. The lowest BCUT2D eigenvalue weighted by atomic mass is 10.2. The van der Waals surface area contributed by atoms with Gasteiger partial charge in [-0.3, -0.25) is 4.79 Å². The van der Waals surface area contributed by atoms with E-state index in [1.807, 2.05) is 0 Å². The zero-order valence-electron chi connectivity index (χ0n) is 10.7. The zero-order chi connectivity index (χ0) is 11.7. The average molecular weight is 214 g/mol. The van der Waals surface area contributed by atoms with Crippen LogP contribution in [0.25, 0.3) is 0 Å². The minimum atomic E-state index is 0.198. The lowest BCUT2D eigenvalue weighted by molar-refractivity contribution is -0.121. The number of nitrogens with zero attached hydrogens (tertiary/aromatic N) is 1. The van der Waals surface area contributed by atoms with Crippen LogP contribution < -0.4 is 5.32 Å². The Morgan fingerprint density at radius 1 is 1.33 bits per heavy atom. The molecule has 0 radical (unpaired) electrons. The highest BCUT2D eigenvalue weighted by Gasteiger charge is 2.03. The third kappa shape index (κ3) is 8.43. The Morgan fingerprint density at radius 2 is 2.00 bits per heavy atom. The molecule has 15 heavy (non-hydrogen) atoms. The highest BCUT2D eigenvalue weighted by molar-refractivity contribution is 5.75. The van der Waals surface area contributed by atoms with Crippen LogP contribution in [0.5, 0.6) is 0 Å². The number of hydrogen-bond donors (Lipinski definition) is 1. The molecule has 0 heterocycles. The fraction of sp³-hybridized carbons (Fsp3) is 0.917. The first-order chi connectivity index (χ1) is 7.07. The van der Waals surface area contributed by atoms with Gasteiger partial charge in [-0.2, -0.15) is 0 Å². The normalized spacial score (nSPS) is 11.1. The van der Waals surface area contributed by atoms with Gasteiger partial charge in [-0.05, 0) is 46.7 Å². The van der Waals surface area contributed by atoms with Gasteiger partial charge in [0.05, 0.1) is 0 Å². The van der Waals surface area contributed by atoms with E-state index in [4.69, 9.17) is 0 Å². The van der Waals surface area contributed by atoms with E-state index in [0.29, 0.717) is 12.5 Å². The highest BCUT2D eigenvalue weighted by atomic mass is 16.1. The van der Waals surface area contributed by atoms with Gasteiger partial charge in [-0.25, -0.2) is 0 Å². The number of hydrogen-bond acceptors (Lipinski definition) is 2. The van der Waals surface area contributed by atoms with Crippen LogP contribution in [0.1, 0.15) is 46.5 Å². The maximum atomic E-state index is 11.3. The second kappa shape index (κ2) is 8.72. The van der Waals surface area contributed by atoms with E-state index in [0.717, 1.165) is 32.4 Å². The molecule has 0 bridgehead atoms. The van der Waals surface area contributed by atoms with Gasteiger partial charge in [0.1, 0.15) is 0 Å². The summed E-state index contributed by atoms with van der Waals surface area (Å²) in [5, 5.41) is 2.89. The molecule has 0 aromatic heterocycles. The first-order valence-corrected chi connectivity index (χ1v) is 6.04. The molecule has 3 nitrogen and oxygen atoms in total. The average Bonchev–Trinajstić information content (AvgIpc) is 2.20. The van der Waals surface area contributed by atoms with Crippen LogP contribution >= 0.6 is 0 Å². The van der Waals surface area contributed by atoms with Crippen molar-refractivity contribution in [1.29, 1.82) is 0 Å². The molecule has 0 unspecified atom stereocenters. The molecule has 0 aromatic carbocycles. The molecule has 1 N–H and O–H groups in total. The molecule has 0 atom stereocenters. The van der Waals surface area contributed by atoms with Gasteiger partial charge in [0.2, 0.25) is 5.91 Å². The molecule has 0 aromatic rings. The second-order valence-electron chi connectivity index (χ2n) is 4.38. The summed E-state index contributed by atoms with van der Waals surface area (Å²) in [4.78, 5) is 13.6. The largest absolute Gasteiger partial charge is 0.356 e. The Labute approximate surface area is 94.2 Å². The summed E-state index contributed by atoms with van der Waals surface area (Å²) in [5.74, 6) is 0.198. The molecule has 3 heteroatoms. The topological polar surface area (TPSA) is 32.3 Å². The first-order valence-electron chi connectivity index (χ1n) is 6.04. The summed E-state index contributed by atoms with van der Waals surface area (Å²) in [6.45, 7) is 8.34. The molecular formula is C12H26N2O. The minimum absolute atomic E-state index is 0.198. The maximum Gasteiger partial charge on any atom is 0.219 e. The molecule has 0 aliphatic rings. The van der Waals surface area contributed by atoms with Crippen molar-refractivity contribution in [1.82, 2.24) is 10.2 Å². The Hall–Kier alpha value is -0.570. The van der Waals surface area contributed by atoms with Crippen LogP contribution in [-0.2, 0) is 4.79 Å². The van der Waals surface area contributed by atoms with Crippen molar-refractivity contribution in [2.75, 3.05) is 20.1 Å². The fourth-order valence-corrected chi connectivity index (χ4v) is 1.26. The lowest BCUT2D eigenvalue weighted by Crippen LogP contribution is -2.28. The van der Waals surface area contributed by atoms with Gasteiger partial charge >= 0.3 is 0 Å².